The second kappa shape index (κ2) is 6.95. The third kappa shape index (κ3) is 2.98. The summed E-state index contributed by atoms with van der Waals surface area (Å²) in [7, 11) is 0. The summed E-state index contributed by atoms with van der Waals surface area (Å²) in [5.41, 5.74) is 1.86. The Balaban J connectivity index is 1.62. The minimum Gasteiger partial charge on any atom is -0.509 e. The summed E-state index contributed by atoms with van der Waals surface area (Å²) in [5.74, 6) is -0.148. The van der Waals surface area contributed by atoms with E-state index in [2.05, 4.69) is 17.0 Å². The Labute approximate surface area is 162 Å². The fourth-order valence-corrected chi connectivity index (χ4v) is 4.28. The molecule has 1 saturated heterocycles. The molecule has 4 rings (SSSR count). The Bertz CT molecular complexity index is 862. The molecular weight excluding hydrogens is 371 g/mol. The molecule has 26 heavy (non-hydrogen) atoms. The smallest absolute Gasteiger partial charge is 0.258 e. The molecule has 4 nitrogen and oxygen atoms in total. The van der Waals surface area contributed by atoms with E-state index in [1.54, 1.807) is 23.1 Å². The second-order valence-electron chi connectivity index (χ2n) is 6.59. The molecule has 1 fully saturated rings. The van der Waals surface area contributed by atoms with Crippen LogP contribution in [0.15, 0.2) is 54.3 Å². The average molecular weight is 389 g/mol. The molecule has 2 aromatic rings. The Hall–Kier alpha value is -2.01. The van der Waals surface area contributed by atoms with Crippen LogP contribution in [0.3, 0.4) is 0 Å². The number of hydrogen-bond donors (Lipinski definition) is 1. The van der Waals surface area contributed by atoms with Gasteiger partial charge in [-0.05, 0) is 17.7 Å². The summed E-state index contributed by atoms with van der Waals surface area (Å²) in [6.07, 6.45) is 0. The number of amides is 1. The van der Waals surface area contributed by atoms with Crippen molar-refractivity contribution >= 4 is 34.7 Å². The van der Waals surface area contributed by atoms with Gasteiger partial charge in [0.05, 0.1) is 15.6 Å². The van der Waals surface area contributed by atoms with E-state index in [4.69, 9.17) is 23.2 Å². The van der Waals surface area contributed by atoms with E-state index in [0.29, 0.717) is 28.7 Å². The summed E-state index contributed by atoms with van der Waals surface area (Å²) in [4.78, 5) is 16.9. The first kappa shape index (κ1) is 17.4. The summed E-state index contributed by atoms with van der Waals surface area (Å²) in [5, 5.41) is 11.6. The Morgan fingerprint density at radius 1 is 1.00 bits per heavy atom. The minimum atomic E-state index is -0.359. The Morgan fingerprint density at radius 2 is 1.69 bits per heavy atom. The van der Waals surface area contributed by atoms with Crippen LogP contribution in [0.4, 0.5) is 0 Å². The number of aliphatic hydroxyl groups is 1. The van der Waals surface area contributed by atoms with Crippen molar-refractivity contribution in [3.8, 4) is 0 Å². The lowest BCUT2D eigenvalue weighted by atomic mass is 10.0. The van der Waals surface area contributed by atoms with E-state index in [1.165, 1.54) is 5.56 Å². The van der Waals surface area contributed by atoms with Crippen LogP contribution in [0.1, 0.15) is 11.1 Å². The highest BCUT2D eigenvalue weighted by Gasteiger charge is 2.44. The first-order chi connectivity index (χ1) is 12.6. The van der Waals surface area contributed by atoms with Gasteiger partial charge >= 0.3 is 0 Å². The molecule has 0 radical (unpaired) electrons. The predicted molar refractivity (Wildman–Crippen MR) is 103 cm³/mol. The average Bonchev–Trinajstić information content (AvgIpc) is 2.87. The maximum absolute atomic E-state index is 12.9. The second-order valence-corrected chi connectivity index (χ2v) is 7.41. The molecule has 1 atom stereocenters. The number of halogens is 2. The monoisotopic (exact) mass is 388 g/mol. The molecule has 0 aliphatic carbocycles. The van der Waals surface area contributed by atoms with Crippen LogP contribution >= 0.6 is 23.2 Å². The third-order valence-electron chi connectivity index (χ3n) is 4.97. The lowest BCUT2D eigenvalue weighted by Crippen LogP contribution is -2.52. The van der Waals surface area contributed by atoms with E-state index in [9.17, 15) is 9.90 Å². The lowest BCUT2D eigenvalue weighted by Gasteiger charge is -2.37. The zero-order valence-corrected chi connectivity index (χ0v) is 15.5. The van der Waals surface area contributed by atoms with Gasteiger partial charge in [-0.25, -0.2) is 0 Å². The van der Waals surface area contributed by atoms with Crippen molar-refractivity contribution in [2.75, 3.05) is 19.6 Å². The van der Waals surface area contributed by atoms with Gasteiger partial charge in [-0.1, -0.05) is 59.6 Å². The minimum absolute atomic E-state index is 0.0581. The largest absolute Gasteiger partial charge is 0.509 e. The van der Waals surface area contributed by atoms with Crippen LogP contribution < -0.4 is 0 Å². The highest BCUT2D eigenvalue weighted by molar-refractivity contribution is 6.41. The highest BCUT2D eigenvalue weighted by atomic mass is 35.5. The van der Waals surface area contributed by atoms with Crippen LogP contribution in [0.25, 0.3) is 5.57 Å². The SMILES string of the molecule is O=C1C(c2c(Cl)cccc2Cl)=C(O)C2CN(Cc3ccccc3)CCN12. The molecule has 0 aromatic heterocycles. The van der Waals surface area contributed by atoms with Crippen molar-refractivity contribution in [2.24, 2.45) is 0 Å². The first-order valence-corrected chi connectivity index (χ1v) is 9.26. The van der Waals surface area contributed by atoms with Crippen LogP contribution in [-0.2, 0) is 11.3 Å². The van der Waals surface area contributed by atoms with Crippen LogP contribution in [0.2, 0.25) is 10.0 Å². The molecule has 2 aliphatic heterocycles. The fraction of sp³-hybridized carbons (Fsp3) is 0.250. The van der Waals surface area contributed by atoms with Gasteiger partial charge in [0.25, 0.3) is 5.91 Å². The molecule has 2 aliphatic rings. The van der Waals surface area contributed by atoms with Crippen LogP contribution in [0.5, 0.6) is 0 Å². The molecule has 1 amide bonds. The van der Waals surface area contributed by atoms with Gasteiger partial charge in [0.2, 0.25) is 0 Å². The number of nitrogens with zero attached hydrogens (tertiary/aromatic N) is 2. The van der Waals surface area contributed by atoms with E-state index in [0.717, 1.165) is 13.1 Å². The Morgan fingerprint density at radius 3 is 2.38 bits per heavy atom. The van der Waals surface area contributed by atoms with E-state index < -0.39 is 0 Å². The molecule has 1 N–H and O–H groups in total. The summed E-state index contributed by atoms with van der Waals surface area (Å²) < 4.78 is 0. The number of fused-ring (bicyclic) bond motifs is 1. The van der Waals surface area contributed by atoms with Gasteiger partial charge in [-0.15, -0.1) is 0 Å². The molecule has 0 spiro atoms. The number of carbonyl (C=O) groups excluding carboxylic acids is 1. The highest BCUT2D eigenvalue weighted by Crippen LogP contribution is 2.39. The number of benzene rings is 2. The molecular formula is C20H18Cl2N2O2. The lowest BCUT2D eigenvalue weighted by molar-refractivity contribution is -0.127. The van der Waals surface area contributed by atoms with Gasteiger partial charge in [0.15, 0.2) is 0 Å². The van der Waals surface area contributed by atoms with Gasteiger partial charge in [-0.3, -0.25) is 9.69 Å². The number of carbonyl (C=O) groups is 1. The van der Waals surface area contributed by atoms with E-state index in [1.807, 2.05) is 18.2 Å². The summed E-state index contributed by atoms with van der Waals surface area (Å²) in [6.45, 7) is 2.69. The fourth-order valence-electron chi connectivity index (χ4n) is 3.69. The van der Waals surface area contributed by atoms with E-state index >= 15 is 0 Å². The standard InChI is InChI=1S/C20H18Cl2N2O2/c21-14-7-4-8-15(22)17(14)18-19(25)16-12-23(9-10-24(16)20(18)26)11-13-5-2-1-3-6-13/h1-8,16,25H,9-12H2. The summed E-state index contributed by atoms with van der Waals surface area (Å²) >= 11 is 12.5. The quantitative estimate of drug-likeness (QED) is 0.864. The maximum Gasteiger partial charge on any atom is 0.258 e. The topological polar surface area (TPSA) is 43.8 Å². The van der Waals surface area contributed by atoms with Crippen molar-refractivity contribution in [1.82, 2.24) is 9.80 Å². The molecule has 0 saturated carbocycles. The molecule has 0 bridgehead atoms. The number of aliphatic hydroxyl groups excluding tert-OH is 1. The molecule has 6 heteroatoms. The third-order valence-corrected chi connectivity index (χ3v) is 5.60. The van der Waals surface area contributed by atoms with Gasteiger partial charge in [0, 0.05) is 31.7 Å². The number of piperazine rings is 1. The normalized spacial score (nSPS) is 20.6. The van der Waals surface area contributed by atoms with Crippen molar-refractivity contribution < 1.29 is 9.90 Å². The van der Waals surface area contributed by atoms with Gasteiger partial charge in [-0.2, -0.15) is 0 Å². The zero-order chi connectivity index (χ0) is 18.3. The predicted octanol–water partition coefficient (Wildman–Crippen LogP) is 3.99. The summed E-state index contributed by atoms with van der Waals surface area (Å²) in [6, 6.07) is 14.9. The molecule has 1 unspecified atom stereocenters. The van der Waals surface area contributed by atoms with E-state index in [-0.39, 0.29) is 23.3 Å². The zero-order valence-electron chi connectivity index (χ0n) is 14.0. The van der Waals surface area contributed by atoms with Crippen LogP contribution in [-0.4, -0.2) is 46.5 Å². The van der Waals surface area contributed by atoms with Crippen molar-refractivity contribution in [3.63, 3.8) is 0 Å². The number of hydrogen-bond acceptors (Lipinski definition) is 3. The van der Waals surface area contributed by atoms with Crippen LogP contribution in [0, 0.1) is 0 Å². The van der Waals surface area contributed by atoms with Crippen molar-refractivity contribution in [3.05, 3.63) is 75.5 Å². The van der Waals surface area contributed by atoms with Gasteiger partial charge in [0.1, 0.15) is 11.8 Å². The first-order valence-electron chi connectivity index (χ1n) is 8.51. The van der Waals surface area contributed by atoms with Gasteiger partial charge < -0.3 is 10.0 Å². The molecule has 2 heterocycles. The van der Waals surface area contributed by atoms with Crippen molar-refractivity contribution in [1.29, 1.82) is 0 Å². The Kier molecular flexibility index (Phi) is 4.65. The number of rotatable bonds is 3. The molecule has 2 aromatic carbocycles. The molecule has 134 valence electrons. The van der Waals surface area contributed by atoms with Crippen molar-refractivity contribution in [2.45, 2.75) is 12.6 Å². The maximum atomic E-state index is 12.9.